The minimum atomic E-state index is -1.01. The Morgan fingerprint density at radius 2 is 1.61 bits per heavy atom. The molecule has 1 aromatic heterocycles. The lowest BCUT2D eigenvalue weighted by molar-refractivity contribution is -0.133. The van der Waals surface area contributed by atoms with E-state index in [1.807, 2.05) is 0 Å². The summed E-state index contributed by atoms with van der Waals surface area (Å²) >= 11 is 12.1. The maximum absolute atomic E-state index is 13.2. The highest BCUT2D eigenvalue weighted by molar-refractivity contribution is 6.42. The monoisotopic (exact) mass is 526 g/mol. The van der Waals surface area contributed by atoms with Crippen molar-refractivity contribution in [1.82, 2.24) is 4.68 Å². The quantitative estimate of drug-likeness (QED) is 0.308. The van der Waals surface area contributed by atoms with Crippen molar-refractivity contribution in [2.24, 2.45) is 0 Å². The topological polar surface area (TPSA) is 111 Å². The van der Waals surface area contributed by atoms with Gasteiger partial charge in [0.15, 0.2) is 0 Å². The molecule has 0 fully saturated rings. The van der Waals surface area contributed by atoms with Gasteiger partial charge in [0.2, 0.25) is 0 Å². The number of hydrogen-bond acceptors (Lipinski definition) is 5. The molecule has 4 aromatic rings. The summed E-state index contributed by atoms with van der Waals surface area (Å²) in [6, 6.07) is 17.8. The number of aromatic nitrogens is 1. The molecule has 0 radical (unpaired) electrons. The second-order valence-electron chi connectivity index (χ2n) is 7.47. The van der Waals surface area contributed by atoms with Gasteiger partial charge in [-0.15, -0.1) is 0 Å². The Bertz CT molecular complexity index is 1480. The van der Waals surface area contributed by atoms with Crippen molar-refractivity contribution in [3.8, 4) is 11.5 Å². The summed E-state index contributed by atoms with van der Waals surface area (Å²) in [5.74, 6) is -1.67. The molecular formula is C25H20Cl2N4O5. The number of para-hydroxylation sites is 1. The molecule has 0 saturated heterocycles. The Morgan fingerprint density at radius 1 is 0.833 bits per heavy atom. The van der Waals surface area contributed by atoms with Gasteiger partial charge in [-0.05, 0) is 42.5 Å². The highest BCUT2D eigenvalue weighted by Gasteiger charge is 2.23. The number of nitrogens with zero attached hydrogens (tertiary/aromatic N) is 1. The van der Waals surface area contributed by atoms with Gasteiger partial charge in [0, 0.05) is 22.2 Å². The van der Waals surface area contributed by atoms with Crippen LogP contribution in [0.3, 0.4) is 0 Å². The zero-order valence-corrected chi connectivity index (χ0v) is 20.6. The van der Waals surface area contributed by atoms with Crippen LogP contribution in [0.1, 0.15) is 10.5 Å². The average Bonchev–Trinajstić information content (AvgIpc) is 3.24. The van der Waals surface area contributed by atoms with Crippen molar-refractivity contribution in [2.75, 3.05) is 30.3 Å². The van der Waals surface area contributed by atoms with Gasteiger partial charge >= 0.3 is 11.8 Å². The minimum Gasteiger partial charge on any atom is -0.497 e. The lowest BCUT2D eigenvalue weighted by Gasteiger charge is -2.14. The van der Waals surface area contributed by atoms with Crippen LogP contribution >= 0.6 is 23.2 Å². The van der Waals surface area contributed by atoms with E-state index in [9.17, 15) is 14.4 Å². The fourth-order valence-electron chi connectivity index (χ4n) is 3.49. The van der Waals surface area contributed by atoms with E-state index in [0.717, 1.165) is 0 Å². The van der Waals surface area contributed by atoms with Crippen molar-refractivity contribution in [2.45, 2.75) is 0 Å². The number of fused-ring (bicyclic) bond motifs is 1. The van der Waals surface area contributed by atoms with Gasteiger partial charge in [0.1, 0.15) is 22.7 Å². The standard InChI is InChI=1S/C25H20Cl2N4O5/c1-35-17-7-4-6-16(13-17)28-24(33)25(34)30-31-20(11-14-5-3-8-21(36-2)22(14)31)23(32)29-19-10-9-15(26)12-18(19)27/h3-13H,1-2H3,(H,28,33)(H,29,32)(H,30,34). The maximum Gasteiger partial charge on any atom is 0.328 e. The number of methoxy groups -OCH3 is 2. The molecule has 0 unspecified atom stereocenters. The zero-order valence-electron chi connectivity index (χ0n) is 19.1. The van der Waals surface area contributed by atoms with Crippen LogP contribution in [0.15, 0.2) is 66.7 Å². The molecule has 3 N–H and O–H groups in total. The summed E-state index contributed by atoms with van der Waals surface area (Å²) in [5, 5.41) is 6.43. The van der Waals surface area contributed by atoms with Crippen LogP contribution in [0, 0.1) is 0 Å². The van der Waals surface area contributed by atoms with Crippen LogP contribution in [-0.2, 0) is 9.59 Å². The Hall–Kier alpha value is -4.21. The molecule has 1 heterocycles. The number of anilines is 2. The molecule has 0 atom stereocenters. The molecule has 0 saturated carbocycles. The van der Waals surface area contributed by atoms with E-state index >= 15 is 0 Å². The van der Waals surface area contributed by atoms with Gasteiger partial charge in [-0.3, -0.25) is 19.8 Å². The number of benzene rings is 3. The second-order valence-corrected chi connectivity index (χ2v) is 8.31. The van der Waals surface area contributed by atoms with E-state index in [-0.39, 0.29) is 10.7 Å². The molecule has 36 heavy (non-hydrogen) atoms. The number of hydrogen-bond donors (Lipinski definition) is 3. The molecule has 3 amide bonds. The number of ether oxygens (including phenoxy) is 2. The molecule has 0 aliphatic rings. The number of carbonyl (C=O) groups excluding carboxylic acids is 3. The van der Waals surface area contributed by atoms with Crippen molar-refractivity contribution in [1.29, 1.82) is 0 Å². The van der Waals surface area contributed by atoms with Crippen LogP contribution in [0.4, 0.5) is 11.4 Å². The van der Waals surface area contributed by atoms with Gasteiger partial charge < -0.3 is 20.1 Å². The summed E-state index contributed by atoms with van der Waals surface area (Å²) in [6.45, 7) is 0. The Balaban J connectivity index is 1.67. The summed E-state index contributed by atoms with van der Waals surface area (Å²) in [4.78, 5) is 38.7. The number of rotatable bonds is 6. The summed E-state index contributed by atoms with van der Waals surface area (Å²) in [5.41, 5.74) is 3.58. The third kappa shape index (κ3) is 5.22. The maximum atomic E-state index is 13.2. The zero-order chi connectivity index (χ0) is 25.8. The molecule has 184 valence electrons. The highest BCUT2D eigenvalue weighted by atomic mass is 35.5. The van der Waals surface area contributed by atoms with E-state index in [2.05, 4.69) is 16.1 Å². The summed E-state index contributed by atoms with van der Waals surface area (Å²) in [6.07, 6.45) is 0. The fourth-order valence-corrected chi connectivity index (χ4v) is 3.95. The first kappa shape index (κ1) is 24.9. The lowest BCUT2D eigenvalue weighted by atomic mass is 10.2. The molecule has 0 spiro atoms. The average molecular weight is 527 g/mol. The molecule has 0 bridgehead atoms. The van der Waals surface area contributed by atoms with Crippen LogP contribution in [0.2, 0.25) is 10.0 Å². The smallest absolute Gasteiger partial charge is 0.328 e. The molecule has 0 aliphatic carbocycles. The largest absolute Gasteiger partial charge is 0.497 e. The predicted octanol–water partition coefficient (Wildman–Crippen LogP) is 4.93. The molecule has 9 nitrogen and oxygen atoms in total. The number of halogens is 2. The van der Waals surface area contributed by atoms with Crippen molar-refractivity contribution < 1.29 is 23.9 Å². The van der Waals surface area contributed by atoms with Gasteiger partial charge in [-0.1, -0.05) is 41.4 Å². The van der Waals surface area contributed by atoms with Crippen molar-refractivity contribution in [3.05, 3.63) is 82.5 Å². The van der Waals surface area contributed by atoms with Crippen LogP contribution < -0.4 is 25.5 Å². The van der Waals surface area contributed by atoms with Crippen LogP contribution in [0.5, 0.6) is 11.5 Å². The number of amides is 3. The molecule has 3 aromatic carbocycles. The molecule has 4 rings (SSSR count). The van der Waals surface area contributed by atoms with Crippen molar-refractivity contribution >= 4 is 63.2 Å². The number of carbonyl (C=O) groups is 3. The first-order chi connectivity index (χ1) is 17.3. The van der Waals surface area contributed by atoms with Gasteiger partial charge in [-0.2, -0.15) is 0 Å². The van der Waals surface area contributed by atoms with E-state index in [1.165, 1.54) is 25.0 Å². The molecule has 0 aliphatic heterocycles. The minimum absolute atomic E-state index is 0.0306. The van der Waals surface area contributed by atoms with Gasteiger partial charge in [0.25, 0.3) is 5.91 Å². The molecular weight excluding hydrogens is 507 g/mol. The first-order valence-corrected chi connectivity index (χ1v) is 11.3. The molecule has 11 heteroatoms. The lowest BCUT2D eigenvalue weighted by Crippen LogP contribution is -2.36. The van der Waals surface area contributed by atoms with Gasteiger partial charge in [0.05, 0.1) is 24.9 Å². The normalized spacial score (nSPS) is 10.6. The SMILES string of the molecule is COc1cccc(NC(=O)C(=O)Nn2c(C(=O)Nc3ccc(Cl)cc3Cl)cc3cccc(OC)c32)c1. The van der Waals surface area contributed by atoms with Crippen LogP contribution in [-0.4, -0.2) is 36.6 Å². The summed E-state index contributed by atoms with van der Waals surface area (Å²) < 4.78 is 11.7. The van der Waals surface area contributed by atoms with E-state index in [1.54, 1.807) is 60.7 Å². The summed E-state index contributed by atoms with van der Waals surface area (Å²) in [7, 11) is 2.94. The Labute approximate surface area is 215 Å². The number of nitrogens with one attached hydrogen (secondary N) is 3. The third-order valence-electron chi connectivity index (χ3n) is 5.17. The van der Waals surface area contributed by atoms with E-state index < -0.39 is 17.7 Å². The fraction of sp³-hybridized carbons (Fsp3) is 0.0800. The van der Waals surface area contributed by atoms with E-state index in [4.69, 9.17) is 32.7 Å². The van der Waals surface area contributed by atoms with Crippen LogP contribution in [0.25, 0.3) is 10.9 Å². The van der Waals surface area contributed by atoms with E-state index in [0.29, 0.717) is 38.8 Å². The van der Waals surface area contributed by atoms with Gasteiger partial charge in [-0.25, -0.2) is 4.68 Å². The highest BCUT2D eigenvalue weighted by Crippen LogP contribution is 2.30. The Morgan fingerprint density at radius 3 is 2.33 bits per heavy atom. The predicted molar refractivity (Wildman–Crippen MR) is 139 cm³/mol. The second kappa shape index (κ2) is 10.6. The first-order valence-electron chi connectivity index (χ1n) is 10.5. The third-order valence-corrected chi connectivity index (χ3v) is 5.71. The Kier molecular flexibility index (Phi) is 7.33. The van der Waals surface area contributed by atoms with Crippen molar-refractivity contribution in [3.63, 3.8) is 0 Å².